The monoisotopic (exact) mass is 350 g/mol. The van der Waals surface area contributed by atoms with Crippen LogP contribution in [0.4, 0.5) is 18.9 Å². The number of alkyl halides is 3. The number of primary amides is 1. The normalized spacial score (nSPS) is 11.0. The van der Waals surface area contributed by atoms with E-state index < -0.39 is 18.0 Å². The van der Waals surface area contributed by atoms with Crippen molar-refractivity contribution >= 4 is 24.0 Å². The molecule has 2 rings (SSSR count). The minimum absolute atomic E-state index is 0. The molecule has 1 aromatic carbocycles. The van der Waals surface area contributed by atoms with Gasteiger partial charge in [0.15, 0.2) is 0 Å². The van der Waals surface area contributed by atoms with Crippen LogP contribution >= 0.6 is 12.4 Å². The van der Waals surface area contributed by atoms with Crippen LogP contribution in [0.1, 0.15) is 29.6 Å². The highest BCUT2D eigenvalue weighted by molar-refractivity contribution is 5.99. The Morgan fingerprint density at radius 1 is 1.39 bits per heavy atom. The molecular weight excluding hydrogens is 337 g/mol. The molecule has 126 valence electrons. The van der Waals surface area contributed by atoms with Crippen molar-refractivity contribution in [1.82, 2.24) is 10.1 Å². The molecule has 0 fully saturated rings. The third-order valence-electron chi connectivity index (χ3n) is 2.78. The summed E-state index contributed by atoms with van der Waals surface area (Å²) in [6.45, 7) is 2.50. The average Bonchev–Trinajstić information content (AvgIpc) is 2.94. The number of amides is 1. The zero-order valence-electron chi connectivity index (χ0n) is 12.0. The fourth-order valence-electron chi connectivity index (χ4n) is 1.76. The van der Waals surface area contributed by atoms with E-state index in [9.17, 15) is 18.0 Å². The molecular formula is C13H14ClF3N4O2. The van der Waals surface area contributed by atoms with Crippen LogP contribution in [0, 0.1) is 0 Å². The van der Waals surface area contributed by atoms with Gasteiger partial charge in [0, 0.05) is 17.8 Å². The van der Waals surface area contributed by atoms with Gasteiger partial charge in [-0.05, 0) is 18.6 Å². The maximum atomic E-state index is 12.5. The molecule has 1 aromatic heterocycles. The smallest absolute Gasteiger partial charge is 0.384 e. The number of halogens is 4. The largest absolute Gasteiger partial charge is 0.471 e. The van der Waals surface area contributed by atoms with Crippen LogP contribution in [0.5, 0.6) is 0 Å². The lowest BCUT2D eigenvalue weighted by Gasteiger charge is -2.10. The molecule has 3 N–H and O–H groups in total. The molecule has 0 radical (unpaired) electrons. The molecule has 10 heteroatoms. The van der Waals surface area contributed by atoms with Gasteiger partial charge < -0.3 is 15.6 Å². The van der Waals surface area contributed by atoms with Crippen molar-refractivity contribution in [2.75, 3.05) is 11.9 Å². The first-order valence-electron chi connectivity index (χ1n) is 6.42. The van der Waals surface area contributed by atoms with Crippen LogP contribution in [0.25, 0.3) is 11.4 Å². The summed E-state index contributed by atoms with van der Waals surface area (Å²) in [6, 6.07) is 4.27. The Bertz CT molecular complexity index is 688. The Kier molecular flexibility index (Phi) is 5.97. The van der Waals surface area contributed by atoms with Crippen molar-refractivity contribution < 1.29 is 22.5 Å². The molecule has 0 unspecified atom stereocenters. The van der Waals surface area contributed by atoms with Gasteiger partial charge in [-0.15, -0.1) is 12.4 Å². The van der Waals surface area contributed by atoms with E-state index >= 15 is 0 Å². The standard InChI is InChI=1S/C13H13F3N4O2.ClH/c1-2-5-18-9-6-7(3-4-8(9)10(17)21)11-19-12(22-20-11)13(14,15)16;/h3-4,6,18H,2,5H2,1H3,(H2,17,21);1H. The summed E-state index contributed by atoms with van der Waals surface area (Å²) >= 11 is 0. The molecule has 1 amide bonds. The summed E-state index contributed by atoms with van der Waals surface area (Å²) < 4.78 is 41.6. The molecule has 0 aliphatic carbocycles. The quantitative estimate of drug-likeness (QED) is 0.864. The fourth-order valence-corrected chi connectivity index (χ4v) is 1.76. The first-order chi connectivity index (χ1) is 10.3. The topological polar surface area (TPSA) is 94.0 Å². The van der Waals surface area contributed by atoms with Crippen LogP contribution in [-0.4, -0.2) is 22.6 Å². The van der Waals surface area contributed by atoms with Gasteiger partial charge in [0.1, 0.15) is 0 Å². The van der Waals surface area contributed by atoms with Crippen molar-refractivity contribution in [1.29, 1.82) is 0 Å². The lowest BCUT2D eigenvalue weighted by molar-refractivity contribution is -0.159. The second-order valence-electron chi connectivity index (χ2n) is 4.47. The van der Waals surface area contributed by atoms with E-state index in [4.69, 9.17) is 5.73 Å². The SMILES string of the molecule is CCCNc1cc(-c2noc(C(F)(F)F)n2)ccc1C(N)=O.Cl. The highest BCUT2D eigenvalue weighted by atomic mass is 35.5. The number of nitrogens with two attached hydrogens (primary N) is 1. The summed E-state index contributed by atoms with van der Waals surface area (Å²) in [5, 5.41) is 6.28. The van der Waals surface area contributed by atoms with Gasteiger partial charge in [0.2, 0.25) is 5.82 Å². The van der Waals surface area contributed by atoms with Crippen molar-refractivity contribution in [2.45, 2.75) is 19.5 Å². The summed E-state index contributed by atoms with van der Waals surface area (Å²) in [6.07, 6.45) is -3.91. The lowest BCUT2D eigenvalue weighted by Crippen LogP contribution is -2.14. The number of benzene rings is 1. The number of rotatable bonds is 5. The number of hydrogen-bond acceptors (Lipinski definition) is 5. The third-order valence-corrected chi connectivity index (χ3v) is 2.78. The number of hydrogen-bond donors (Lipinski definition) is 2. The fraction of sp³-hybridized carbons (Fsp3) is 0.308. The molecule has 0 aliphatic heterocycles. The van der Waals surface area contributed by atoms with Crippen LogP contribution < -0.4 is 11.1 Å². The van der Waals surface area contributed by atoms with E-state index in [-0.39, 0.29) is 29.4 Å². The number of nitrogens with zero attached hydrogens (tertiary/aromatic N) is 2. The van der Waals surface area contributed by atoms with Gasteiger partial charge in [-0.2, -0.15) is 18.2 Å². The zero-order chi connectivity index (χ0) is 16.3. The summed E-state index contributed by atoms with van der Waals surface area (Å²) in [7, 11) is 0. The molecule has 0 saturated heterocycles. The first-order valence-corrected chi connectivity index (χ1v) is 6.42. The number of nitrogens with one attached hydrogen (secondary N) is 1. The van der Waals surface area contributed by atoms with Gasteiger partial charge in [0.25, 0.3) is 5.91 Å². The molecule has 2 aromatic rings. The molecule has 0 aliphatic rings. The predicted molar refractivity (Wildman–Crippen MR) is 79.3 cm³/mol. The van der Waals surface area contributed by atoms with E-state index in [1.54, 1.807) is 0 Å². The van der Waals surface area contributed by atoms with E-state index in [1.807, 2.05) is 6.92 Å². The minimum atomic E-state index is -4.71. The lowest BCUT2D eigenvalue weighted by atomic mass is 10.1. The van der Waals surface area contributed by atoms with E-state index in [2.05, 4.69) is 20.0 Å². The van der Waals surface area contributed by atoms with E-state index in [0.717, 1.165) is 6.42 Å². The Hall–Kier alpha value is -2.29. The molecule has 6 nitrogen and oxygen atoms in total. The van der Waals surface area contributed by atoms with Gasteiger partial charge in [0.05, 0.1) is 5.56 Å². The number of carbonyl (C=O) groups is 1. The maximum absolute atomic E-state index is 12.5. The summed E-state index contributed by atoms with van der Waals surface area (Å²) in [4.78, 5) is 14.7. The second-order valence-corrected chi connectivity index (χ2v) is 4.47. The van der Waals surface area contributed by atoms with E-state index in [0.29, 0.717) is 12.2 Å². The van der Waals surface area contributed by atoms with Gasteiger partial charge in [-0.3, -0.25) is 4.79 Å². The molecule has 23 heavy (non-hydrogen) atoms. The Balaban J connectivity index is 0.00000264. The van der Waals surface area contributed by atoms with Gasteiger partial charge in [-0.25, -0.2) is 0 Å². The van der Waals surface area contributed by atoms with Gasteiger partial charge >= 0.3 is 12.1 Å². The molecule has 0 atom stereocenters. The number of aromatic nitrogens is 2. The maximum Gasteiger partial charge on any atom is 0.471 e. The van der Waals surface area contributed by atoms with Crippen LogP contribution in [-0.2, 0) is 6.18 Å². The van der Waals surface area contributed by atoms with Crippen LogP contribution in [0.3, 0.4) is 0 Å². The van der Waals surface area contributed by atoms with Crippen molar-refractivity contribution in [3.05, 3.63) is 29.7 Å². The molecule has 1 heterocycles. The van der Waals surface area contributed by atoms with Crippen molar-refractivity contribution in [3.8, 4) is 11.4 Å². The number of carbonyl (C=O) groups excluding carboxylic acids is 1. The first kappa shape index (κ1) is 18.8. The second kappa shape index (κ2) is 7.32. The van der Waals surface area contributed by atoms with E-state index in [1.165, 1.54) is 18.2 Å². The Labute approximate surface area is 135 Å². The Morgan fingerprint density at radius 2 is 2.09 bits per heavy atom. The van der Waals surface area contributed by atoms with Crippen molar-refractivity contribution in [2.24, 2.45) is 5.73 Å². The highest BCUT2D eigenvalue weighted by Gasteiger charge is 2.38. The molecule has 0 saturated carbocycles. The summed E-state index contributed by atoms with van der Waals surface area (Å²) in [5.41, 5.74) is 6.18. The van der Waals surface area contributed by atoms with Crippen LogP contribution in [0.15, 0.2) is 22.7 Å². The summed E-state index contributed by atoms with van der Waals surface area (Å²) in [5.74, 6) is -2.29. The third kappa shape index (κ3) is 4.35. The highest BCUT2D eigenvalue weighted by Crippen LogP contribution is 2.30. The number of anilines is 1. The van der Waals surface area contributed by atoms with Gasteiger partial charge in [-0.1, -0.05) is 18.1 Å². The zero-order valence-corrected chi connectivity index (χ0v) is 12.8. The predicted octanol–water partition coefficient (Wildman–Crippen LogP) is 3.10. The van der Waals surface area contributed by atoms with Crippen LogP contribution in [0.2, 0.25) is 0 Å². The minimum Gasteiger partial charge on any atom is -0.384 e. The molecule has 0 spiro atoms. The average molecular weight is 351 g/mol. The van der Waals surface area contributed by atoms with Crippen molar-refractivity contribution in [3.63, 3.8) is 0 Å². The molecule has 0 bridgehead atoms. The Morgan fingerprint density at radius 3 is 2.61 bits per heavy atom.